The van der Waals surface area contributed by atoms with E-state index in [1.54, 1.807) is 10.9 Å². The molecule has 2 rings (SSSR count). The maximum absolute atomic E-state index is 9.36. The Bertz CT molecular complexity index is 287. The molecule has 5 nitrogen and oxygen atoms in total. The molecule has 1 aromatic heterocycles. The molecule has 5 heteroatoms. The number of hydrogen-bond donors (Lipinski definition) is 2. The topological polar surface area (TPSA) is 71.2 Å². The zero-order valence-corrected chi connectivity index (χ0v) is 7.30. The first-order valence-corrected chi connectivity index (χ1v) is 4.51. The highest BCUT2D eigenvalue weighted by Gasteiger charge is 2.31. The van der Waals surface area contributed by atoms with Crippen molar-refractivity contribution in [3.8, 4) is 0 Å². The predicted molar refractivity (Wildman–Crippen MR) is 45.1 cm³/mol. The molecule has 2 N–H and O–H groups in total. The number of aromatic nitrogens is 3. The lowest BCUT2D eigenvalue weighted by Crippen LogP contribution is -2.34. The summed E-state index contributed by atoms with van der Waals surface area (Å²) in [4.78, 5) is 0. The fraction of sp³-hybridized carbons (Fsp3) is 0.750. The number of nitrogens with zero attached hydrogens (tertiary/aromatic N) is 3. The fourth-order valence-corrected chi connectivity index (χ4v) is 1.48. The Labute approximate surface area is 76.0 Å². The second-order valence-electron chi connectivity index (χ2n) is 3.38. The van der Waals surface area contributed by atoms with Crippen molar-refractivity contribution in [3.05, 3.63) is 11.9 Å². The lowest BCUT2D eigenvalue weighted by molar-refractivity contribution is 0.0244. The van der Waals surface area contributed by atoms with Crippen molar-refractivity contribution in [2.24, 2.45) is 0 Å². The van der Waals surface area contributed by atoms with Gasteiger partial charge in [-0.1, -0.05) is 5.21 Å². The molecule has 1 fully saturated rings. The van der Waals surface area contributed by atoms with Gasteiger partial charge in [0, 0.05) is 19.2 Å². The minimum Gasteiger partial charge on any atom is -0.396 e. The predicted octanol–water partition coefficient (Wildman–Crippen LogP) is -0.491. The van der Waals surface area contributed by atoms with Crippen molar-refractivity contribution < 1.29 is 10.2 Å². The van der Waals surface area contributed by atoms with Crippen LogP contribution in [0.4, 0.5) is 0 Å². The highest BCUT2D eigenvalue weighted by molar-refractivity contribution is 4.96. The summed E-state index contributed by atoms with van der Waals surface area (Å²) in [6, 6.07) is 0.0972. The SMILES string of the molecule is OCCc1cn(C2CCC2O)nn1. The summed E-state index contributed by atoms with van der Waals surface area (Å²) in [5, 5.41) is 25.8. The van der Waals surface area contributed by atoms with Crippen LogP contribution in [0.1, 0.15) is 24.6 Å². The molecule has 0 saturated heterocycles. The van der Waals surface area contributed by atoms with Crippen LogP contribution in [-0.4, -0.2) is 37.9 Å². The van der Waals surface area contributed by atoms with E-state index in [0.29, 0.717) is 6.42 Å². The summed E-state index contributed by atoms with van der Waals surface area (Å²) in [6.45, 7) is 0.0892. The molecule has 1 aromatic rings. The van der Waals surface area contributed by atoms with Gasteiger partial charge in [0.25, 0.3) is 0 Å². The molecular formula is C8H13N3O2. The highest BCUT2D eigenvalue weighted by Crippen LogP contribution is 2.31. The van der Waals surface area contributed by atoms with Crippen molar-refractivity contribution in [2.75, 3.05) is 6.61 Å². The van der Waals surface area contributed by atoms with Gasteiger partial charge in [-0.05, 0) is 12.8 Å². The van der Waals surface area contributed by atoms with Gasteiger partial charge in [0.15, 0.2) is 0 Å². The van der Waals surface area contributed by atoms with Crippen LogP contribution in [0.2, 0.25) is 0 Å². The molecule has 0 aliphatic heterocycles. The van der Waals surface area contributed by atoms with Crippen molar-refractivity contribution in [1.29, 1.82) is 0 Å². The van der Waals surface area contributed by atoms with Crippen LogP contribution in [0, 0.1) is 0 Å². The summed E-state index contributed by atoms with van der Waals surface area (Å²) >= 11 is 0. The van der Waals surface area contributed by atoms with E-state index in [0.717, 1.165) is 18.5 Å². The lowest BCUT2D eigenvalue weighted by Gasteiger charge is -2.31. The average molecular weight is 183 g/mol. The second kappa shape index (κ2) is 3.43. The summed E-state index contributed by atoms with van der Waals surface area (Å²) < 4.78 is 1.69. The van der Waals surface area contributed by atoms with Crippen LogP contribution in [0.25, 0.3) is 0 Å². The molecule has 2 atom stereocenters. The standard InChI is InChI=1S/C8H13N3O2/c12-4-3-6-5-11(10-9-6)7-1-2-8(7)13/h5,7-8,12-13H,1-4H2. The lowest BCUT2D eigenvalue weighted by atomic mass is 9.89. The van der Waals surface area contributed by atoms with Crippen LogP contribution in [-0.2, 0) is 6.42 Å². The Kier molecular flexibility index (Phi) is 2.28. The quantitative estimate of drug-likeness (QED) is 0.663. The van der Waals surface area contributed by atoms with Crippen molar-refractivity contribution in [1.82, 2.24) is 15.0 Å². The molecule has 1 saturated carbocycles. The maximum atomic E-state index is 9.36. The van der Waals surface area contributed by atoms with Gasteiger partial charge in [0.05, 0.1) is 17.8 Å². The zero-order valence-electron chi connectivity index (χ0n) is 7.30. The van der Waals surface area contributed by atoms with E-state index in [-0.39, 0.29) is 18.8 Å². The van der Waals surface area contributed by atoms with Crippen LogP contribution in [0.15, 0.2) is 6.20 Å². The first-order valence-electron chi connectivity index (χ1n) is 4.51. The molecule has 0 bridgehead atoms. The van der Waals surface area contributed by atoms with E-state index in [1.807, 2.05) is 0 Å². The Hall–Kier alpha value is -0.940. The molecule has 1 aliphatic rings. The number of aliphatic hydroxyl groups excluding tert-OH is 2. The Balaban J connectivity index is 2.04. The third kappa shape index (κ3) is 1.57. The van der Waals surface area contributed by atoms with Crippen LogP contribution in [0.5, 0.6) is 0 Å². The molecule has 0 amide bonds. The highest BCUT2D eigenvalue weighted by atomic mass is 16.3. The largest absolute Gasteiger partial charge is 0.396 e. The fourth-order valence-electron chi connectivity index (χ4n) is 1.48. The Morgan fingerprint density at radius 3 is 2.92 bits per heavy atom. The van der Waals surface area contributed by atoms with E-state index in [2.05, 4.69) is 10.3 Å². The van der Waals surface area contributed by atoms with Gasteiger partial charge in [0.2, 0.25) is 0 Å². The molecule has 2 unspecified atom stereocenters. The smallest absolute Gasteiger partial charge is 0.0850 e. The van der Waals surface area contributed by atoms with E-state index in [9.17, 15) is 5.11 Å². The molecule has 72 valence electrons. The normalized spacial score (nSPS) is 27.2. The third-order valence-electron chi connectivity index (χ3n) is 2.47. The summed E-state index contributed by atoms with van der Waals surface area (Å²) in [7, 11) is 0. The van der Waals surface area contributed by atoms with Gasteiger partial charge in [-0.15, -0.1) is 5.10 Å². The second-order valence-corrected chi connectivity index (χ2v) is 3.38. The summed E-state index contributed by atoms with van der Waals surface area (Å²) in [5.74, 6) is 0. The Morgan fingerprint density at radius 1 is 1.54 bits per heavy atom. The van der Waals surface area contributed by atoms with Crippen molar-refractivity contribution >= 4 is 0 Å². The molecule has 13 heavy (non-hydrogen) atoms. The molecular weight excluding hydrogens is 170 g/mol. The minimum absolute atomic E-state index is 0.0892. The molecule has 1 aliphatic carbocycles. The molecule has 0 radical (unpaired) electrons. The van der Waals surface area contributed by atoms with Gasteiger partial charge >= 0.3 is 0 Å². The van der Waals surface area contributed by atoms with Crippen LogP contribution in [0.3, 0.4) is 0 Å². The zero-order chi connectivity index (χ0) is 9.26. The van der Waals surface area contributed by atoms with Crippen molar-refractivity contribution in [2.45, 2.75) is 31.4 Å². The average Bonchev–Trinajstić information content (AvgIpc) is 2.51. The van der Waals surface area contributed by atoms with E-state index in [4.69, 9.17) is 5.11 Å². The van der Waals surface area contributed by atoms with Crippen LogP contribution < -0.4 is 0 Å². The maximum Gasteiger partial charge on any atom is 0.0850 e. The monoisotopic (exact) mass is 183 g/mol. The van der Waals surface area contributed by atoms with E-state index >= 15 is 0 Å². The summed E-state index contributed by atoms with van der Waals surface area (Å²) in [5.41, 5.74) is 0.779. The van der Waals surface area contributed by atoms with Crippen LogP contribution >= 0.6 is 0 Å². The van der Waals surface area contributed by atoms with Crippen molar-refractivity contribution in [3.63, 3.8) is 0 Å². The first-order chi connectivity index (χ1) is 6.31. The van der Waals surface area contributed by atoms with Gasteiger partial charge < -0.3 is 10.2 Å². The Morgan fingerprint density at radius 2 is 2.38 bits per heavy atom. The van der Waals surface area contributed by atoms with Gasteiger partial charge in [0.1, 0.15) is 0 Å². The summed E-state index contributed by atoms with van der Waals surface area (Å²) in [6.07, 6.45) is 3.86. The van der Waals surface area contributed by atoms with Gasteiger partial charge in [-0.3, -0.25) is 0 Å². The number of hydrogen-bond acceptors (Lipinski definition) is 4. The van der Waals surface area contributed by atoms with E-state index in [1.165, 1.54) is 0 Å². The minimum atomic E-state index is -0.274. The van der Waals surface area contributed by atoms with E-state index < -0.39 is 0 Å². The number of rotatable bonds is 3. The molecule has 0 spiro atoms. The molecule has 1 heterocycles. The molecule has 0 aromatic carbocycles. The number of aliphatic hydroxyl groups is 2. The third-order valence-corrected chi connectivity index (χ3v) is 2.47. The van der Waals surface area contributed by atoms with Gasteiger partial charge in [-0.2, -0.15) is 0 Å². The first kappa shape index (κ1) is 8.65. The van der Waals surface area contributed by atoms with Gasteiger partial charge in [-0.25, -0.2) is 4.68 Å².